The largest absolute Gasteiger partial charge is 0.360 e. The van der Waals surface area contributed by atoms with Gasteiger partial charge < -0.3 is 9.64 Å². The molecule has 3 nitrogen and oxygen atoms in total. The molecule has 0 atom stereocenters. The number of piperidine rings is 1. The van der Waals surface area contributed by atoms with Crippen molar-refractivity contribution in [2.75, 3.05) is 26.2 Å². The molecule has 96 valence electrons. The molecule has 2 saturated carbocycles. The Labute approximate surface area is 104 Å². The monoisotopic (exact) mass is 236 g/mol. The molecular formula is C14H24N2O. The average Bonchev–Trinajstić information content (AvgIpc) is 3.13. The van der Waals surface area contributed by atoms with E-state index in [4.69, 9.17) is 4.74 Å². The number of nitrogens with one attached hydrogen (secondary N) is 1. The van der Waals surface area contributed by atoms with Crippen LogP contribution < -0.4 is 5.32 Å². The Morgan fingerprint density at radius 3 is 2.29 bits per heavy atom. The minimum atomic E-state index is 0.0478. The first-order valence-corrected chi connectivity index (χ1v) is 7.42. The highest BCUT2D eigenvalue weighted by Crippen LogP contribution is 2.45. The lowest BCUT2D eigenvalue weighted by atomic mass is 9.68. The van der Waals surface area contributed by atoms with E-state index in [-0.39, 0.29) is 5.72 Å². The molecule has 2 aliphatic carbocycles. The van der Waals surface area contributed by atoms with Crippen molar-refractivity contribution in [2.24, 2.45) is 5.41 Å². The summed E-state index contributed by atoms with van der Waals surface area (Å²) in [5, 5.41) is 3.76. The molecule has 0 aromatic carbocycles. The topological polar surface area (TPSA) is 24.5 Å². The van der Waals surface area contributed by atoms with Crippen LogP contribution in [-0.2, 0) is 4.74 Å². The molecule has 1 N–H and O–H groups in total. The fraction of sp³-hybridized carbons (Fsp3) is 1.00. The maximum absolute atomic E-state index is 6.27. The van der Waals surface area contributed by atoms with E-state index in [1.165, 1.54) is 64.6 Å². The normalized spacial score (nSPS) is 36.0. The van der Waals surface area contributed by atoms with Crippen LogP contribution in [0.1, 0.15) is 44.9 Å². The Bertz CT molecular complexity index is 289. The molecule has 0 radical (unpaired) electrons. The Morgan fingerprint density at radius 1 is 1.06 bits per heavy atom. The van der Waals surface area contributed by atoms with Gasteiger partial charge >= 0.3 is 0 Å². The van der Waals surface area contributed by atoms with Gasteiger partial charge in [0.1, 0.15) is 5.72 Å². The summed E-state index contributed by atoms with van der Waals surface area (Å²) in [7, 11) is 0. The first kappa shape index (κ1) is 10.8. The van der Waals surface area contributed by atoms with Crippen molar-refractivity contribution in [2.45, 2.75) is 56.7 Å². The van der Waals surface area contributed by atoms with E-state index < -0.39 is 0 Å². The number of hydrogen-bond acceptors (Lipinski definition) is 3. The first-order chi connectivity index (χ1) is 8.29. The lowest BCUT2D eigenvalue weighted by Crippen LogP contribution is -2.64. The van der Waals surface area contributed by atoms with Gasteiger partial charge in [0.15, 0.2) is 0 Å². The number of nitrogens with zero attached hydrogens (tertiary/aromatic N) is 1. The zero-order valence-corrected chi connectivity index (χ0v) is 10.7. The molecule has 0 aromatic rings. The third-order valence-corrected chi connectivity index (χ3v) is 5.52. The molecule has 0 aromatic heterocycles. The van der Waals surface area contributed by atoms with Crippen LogP contribution in [0, 0.1) is 5.41 Å². The van der Waals surface area contributed by atoms with Gasteiger partial charge in [0.05, 0.1) is 6.61 Å². The van der Waals surface area contributed by atoms with Crippen LogP contribution in [0.3, 0.4) is 0 Å². The van der Waals surface area contributed by atoms with Gasteiger partial charge in [0.25, 0.3) is 0 Å². The van der Waals surface area contributed by atoms with Crippen molar-refractivity contribution in [1.82, 2.24) is 10.2 Å². The van der Waals surface area contributed by atoms with Gasteiger partial charge in [0.2, 0.25) is 0 Å². The van der Waals surface area contributed by atoms with E-state index in [1.54, 1.807) is 0 Å². The summed E-state index contributed by atoms with van der Waals surface area (Å²) in [6, 6.07) is 0.925. The molecule has 17 heavy (non-hydrogen) atoms. The lowest BCUT2D eigenvalue weighted by molar-refractivity contribution is -0.184. The summed E-state index contributed by atoms with van der Waals surface area (Å²) in [6.07, 6.45) is 9.43. The van der Waals surface area contributed by atoms with E-state index in [9.17, 15) is 0 Å². The summed E-state index contributed by atoms with van der Waals surface area (Å²) in [6.45, 7) is 4.70. The number of ether oxygens (including phenoxy) is 1. The number of hydrogen-bond donors (Lipinski definition) is 1. The molecule has 4 rings (SSSR count). The van der Waals surface area contributed by atoms with Gasteiger partial charge in [-0.1, -0.05) is 6.42 Å². The second kappa shape index (κ2) is 3.69. The van der Waals surface area contributed by atoms with Crippen LogP contribution in [0.2, 0.25) is 0 Å². The van der Waals surface area contributed by atoms with Crippen LogP contribution in [0.25, 0.3) is 0 Å². The quantitative estimate of drug-likeness (QED) is 0.750. The zero-order chi connectivity index (χ0) is 11.3. The van der Waals surface area contributed by atoms with Crippen LogP contribution in [0.4, 0.5) is 0 Å². The Morgan fingerprint density at radius 2 is 1.82 bits per heavy atom. The van der Waals surface area contributed by atoms with Crippen molar-refractivity contribution >= 4 is 0 Å². The Hall–Kier alpha value is -0.120. The van der Waals surface area contributed by atoms with Crippen molar-refractivity contribution in [1.29, 1.82) is 0 Å². The minimum Gasteiger partial charge on any atom is -0.360 e. The van der Waals surface area contributed by atoms with Gasteiger partial charge in [-0.3, -0.25) is 5.32 Å². The molecule has 2 heterocycles. The predicted molar refractivity (Wildman–Crippen MR) is 66.8 cm³/mol. The summed E-state index contributed by atoms with van der Waals surface area (Å²) in [5.74, 6) is 0. The summed E-state index contributed by atoms with van der Waals surface area (Å²) < 4.78 is 6.27. The second-order valence-electron chi connectivity index (χ2n) is 6.76. The molecule has 4 aliphatic rings. The molecule has 2 aliphatic heterocycles. The highest BCUT2D eigenvalue weighted by atomic mass is 16.5. The van der Waals surface area contributed by atoms with Gasteiger partial charge in [0, 0.05) is 43.9 Å². The molecule has 2 saturated heterocycles. The van der Waals surface area contributed by atoms with Crippen molar-refractivity contribution < 1.29 is 4.74 Å². The summed E-state index contributed by atoms with van der Waals surface area (Å²) >= 11 is 0. The lowest BCUT2D eigenvalue weighted by Gasteiger charge is -2.53. The van der Waals surface area contributed by atoms with Crippen molar-refractivity contribution in [3.8, 4) is 0 Å². The van der Waals surface area contributed by atoms with E-state index in [2.05, 4.69) is 10.2 Å². The summed E-state index contributed by atoms with van der Waals surface area (Å²) in [5.41, 5.74) is 0.575. The third-order valence-electron chi connectivity index (χ3n) is 5.52. The Kier molecular flexibility index (Phi) is 2.34. The van der Waals surface area contributed by atoms with Crippen molar-refractivity contribution in [3.63, 3.8) is 0 Å². The zero-order valence-electron chi connectivity index (χ0n) is 10.7. The standard InChI is InChI=1S/C14H24N2O/c1-4-13(5-1)10-15-14(17-11-13)6-8-16(9-7-14)12-2-3-12/h12,15H,1-11H2. The molecule has 2 spiro atoms. The summed E-state index contributed by atoms with van der Waals surface area (Å²) in [4.78, 5) is 2.67. The number of likely N-dealkylation sites (tertiary alicyclic amines) is 1. The third kappa shape index (κ3) is 1.83. The molecule has 0 unspecified atom stereocenters. The van der Waals surface area contributed by atoms with Crippen LogP contribution in [0.15, 0.2) is 0 Å². The molecule has 4 fully saturated rings. The average molecular weight is 236 g/mol. The smallest absolute Gasteiger partial charge is 0.121 e. The molecule has 0 bridgehead atoms. The van der Waals surface area contributed by atoms with E-state index in [0.717, 1.165) is 12.6 Å². The fourth-order valence-electron chi connectivity index (χ4n) is 3.75. The molecular weight excluding hydrogens is 212 g/mol. The van der Waals surface area contributed by atoms with Gasteiger partial charge in [-0.05, 0) is 25.7 Å². The Balaban J connectivity index is 1.35. The first-order valence-electron chi connectivity index (χ1n) is 7.42. The van der Waals surface area contributed by atoms with Crippen molar-refractivity contribution in [3.05, 3.63) is 0 Å². The van der Waals surface area contributed by atoms with E-state index in [0.29, 0.717) is 5.41 Å². The van der Waals surface area contributed by atoms with Gasteiger partial charge in [-0.25, -0.2) is 0 Å². The SMILES string of the molecule is C1CC2(C1)CNC1(CCN(C3CC3)CC1)OC2. The maximum Gasteiger partial charge on any atom is 0.121 e. The van der Waals surface area contributed by atoms with E-state index >= 15 is 0 Å². The van der Waals surface area contributed by atoms with E-state index in [1.807, 2.05) is 0 Å². The van der Waals surface area contributed by atoms with Crippen LogP contribution in [-0.4, -0.2) is 42.9 Å². The highest BCUT2D eigenvalue weighted by molar-refractivity contribution is 4.99. The fourth-order valence-corrected chi connectivity index (χ4v) is 3.75. The second-order valence-corrected chi connectivity index (χ2v) is 6.76. The predicted octanol–water partition coefficient (Wildman–Crippen LogP) is 1.73. The van der Waals surface area contributed by atoms with Crippen LogP contribution in [0.5, 0.6) is 0 Å². The highest BCUT2D eigenvalue weighted by Gasteiger charge is 2.48. The number of rotatable bonds is 1. The van der Waals surface area contributed by atoms with Gasteiger partial charge in [-0.2, -0.15) is 0 Å². The molecule has 0 amide bonds. The van der Waals surface area contributed by atoms with Crippen LogP contribution >= 0.6 is 0 Å². The van der Waals surface area contributed by atoms with Gasteiger partial charge in [-0.15, -0.1) is 0 Å². The molecule has 3 heteroatoms. The maximum atomic E-state index is 6.27. The minimum absolute atomic E-state index is 0.0478.